The Labute approximate surface area is 107 Å². The lowest BCUT2D eigenvalue weighted by molar-refractivity contribution is -0.390. The van der Waals surface area contributed by atoms with Gasteiger partial charge in [0.15, 0.2) is 4.90 Å². The van der Waals surface area contributed by atoms with Gasteiger partial charge in [0.25, 0.3) is 9.05 Å². The van der Waals surface area contributed by atoms with Crippen LogP contribution in [0.15, 0.2) is 11.0 Å². The van der Waals surface area contributed by atoms with E-state index in [4.69, 9.17) is 16.4 Å². The van der Waals surface area contributed by atoms with Gasteiger partial charge in [-0.3, -0.25) is 0 Å². The molecule has 0 unspecified atom stereocenters. The lowest BCUT2D eigenvalue weighted by Crippen LogP contribution is -2.20. The van der Waals surface area contributed by atoms with Crippen LogP contribution in [0.25, 0.3) is 0 Å². The summed E-state index contributed by atoms with van der Waals surface area (Å²) >= 11 is 0. The fourth-order valence-corrected chi connectivity index (χ4v) is 2.13. The Morgan fingerprint density at radius 1 is 1.47 bits per heavy atom. The van der Waals surface area contributed by atoms with E-state index in [1.54, 1.807) is 0 Å². The van der Waals surface area contributed by atoms with Crippen LogP contribution in [0.1, 0.15) is 0 Å². The maximum Gasteiger partial charge on any atom is 0.575 e. The maximum absolute atomic E-state index is 12.1. The fourth-order valence-electron chi connectivity index (χ4n) is 1.03. The summed E-state index contributed by atoms with van der Waals surface area (Å²) in [5.74, 6) is -2.74. The van der Waals surface area contributed by atoms with Gasteiger partial charge in [-0.1, -0.05) is 0 Å². The van der Waals surface area contributed by atoms with E-state index in [1.807, 2.05) is 0 Å². The van der Waals surface area contributed by atoms with Crippen molar-refractivity contribution in [2.45, 2.75) is 11.3 Å². The van der Waals surface area contributed by atoms with Crippen LogP contribution in [0.4, 0.5) is 24.7 Å². The van der Waals surface area contributed by atoms with Crippen LogP contribution in [-0.2, 0) is 9.05 Å². The standard InChI is InChI=1S/C6H3ClF3N3O5S/c7-19(16,17)4-2(11)1-3(13(14)15)12-5(4)18-6(8,9)10/h1H,(H2,11,12). The number of aromatic nitrogens is 1. The molecule has 13 heteroatoms. The molecule has 0 aliphatic carbocycles. The van der Waals surface area contributed by atoms with Gasteiger partial charge in [-0.25, -0.2) is 8.42 Å². The van der Waals surface area contributed by atoms with Gasteiger partial charge in [-0.15, -0.1) is 13.2 Å². The first-order valence-electron chi connectivity index (χ1n) is 4.07. The maximum atomic E-state index is 12.1. The first-order valence-corrected chi connectivity index (χ1v) is 6.38. The van der Waals surface area contributed by atoms with Crippen molar-refractivity contribution in [1.29, 1.82) is 0 Å². The number of anilines is 1. The molecule has 0 bridgehead atoms. The van der Waals surface area contributed by atoms with E-state index in [2.05, 4.69) is 9.72 Å². The second-order valence-electron chi connectivity index (χ2n) is 2.95. The molecule has 2 N–H and O–H groups in total. The van der Waals surface area contributed by atoms with Crippen molar-refractivity contribution in [3.05, 3.63) is 16.2 Å². The molecule has 0 aromatic carbocycles. The van der Waals surface area contributed by atoms with Crippen molar-refractivity contribution in [3.63, 3.8) is 0 Å². The van der Waals surface area contributed by atoms with Crippen molar-refractivity contribution < 1.29 is 31.2 Å². The Hall–Kier alpha value is -1.82. The predicted octanol–water partition coefficient (Wildman–Crippen LogP) is 1.40. The van der Waals surface area contributed by atoms with Crippen LogP contribution < -0.4 is 10.5 Å². The van der Waals surface area contributed by atoms with E-state index in [0.717, 1.165) is 0 Å². The van der Waals surface area contributed by atoms with Gasteiger partial charge in [-0.05, 0) is 4.92 Å². The van der Waals surface area contributed by atoms with Crippen molar-refractivity contribution in [2.24, 2.45) is 0 Å². The van der Waals surface area contributed by atoms with Crippen LogP contribution in [0, 0.1) is 10.1 Å². The number of ether oxygens (including phenoxy) is 1. The molecule has 1 rings (SSSR count). The summed E-state index contributed by atoms with van der Waals surface area (Å²) in [7, 11) is 0.123. The highest BCUT2D eigenvalue weighted by Gasteiger charge is 2.39. The molecule has 1 heterocycles. The van der Waals surface area contributed by atoms with E-state index in [0.29, 0.717) is 6.07 Å². The smallest absolute Gasteiger partial charge is 0.397 e. The lowest BCUT2D eigenvalue weighted by atomic mass is 10.4. The van der Waals surface area contributed by atoms with E-state index < -0.39 is 42.6 Å². The van der Waals surface area contributed by atoms with Crippen molar-refractivity contribution in [3.8, 4) is 5.88 Å². The third-order valence-corrected chi connectivity index (χ3v) is 2.96. The zero-order chi connectivity index (χ0) is 15.0. The second kappa shape index (κ2) is 4.70. The summed E-state index contributed by atoms with van der Waals surface area (Å²) in [5.41, 5.74) is 4.22. The molecule has 0 fully saturated rings. The largest absolute Gasteiger partial charge is 0.575 e. The Balaban J connectivity index is 3.59. The quantitative estimate of drug-likeness (QED) is 0.506. The van der Waals surface area contributed by atoms with Crippen molar-refractivity contribution in [1.82, 2.24) is 4.98 Å². The molecule has 1 aromatic rings. The summed E-state index contributed by atoms with van der Waals surface area (Å²) in [6, 6.07) is 0.443. The van der Waals surface area contributed by atoms with Gasteiger partial charge in [0.05, 0.1) is 11.8 Å². The minimum atomic E-state index is -5.33. The Morgan fingerprint density at radius 2 is 2.00 bits per heavy atom. The average Bonchev–Trinajstić information content (AvgIpc) is 2.10. The van der Waals surface area contributed by atoms with Gasteiger partial charge < -0.3 is 20.6 Å². The Morgan fingerprint density at radius 3 is 2.37 bits per heavy atom. The predicted molar refractivity (Wildman–Crippen MR) is 55.0 cm³/mol. The van der Waals surface area contributed by atoms with E-state index >= 15 is 0 Å². The summed E-state index contributed by atoms with van der Waals surface area (Å²) < 4.78 is 61.6. The summed E-state index contributed by atoms with van der Waals surface area (Å²) in [4.78, 5) is 10.7. The molecule has 0 radical (unpaired) electrons. The summed E-state index contributed by atoms with van der Waals surface area (Å²) in [6.45, 7) is 0. The number of halogens is 4. The number of pyridine rings is 1. The van der Waals surface area contributed by atoms with Gasteiger partial charge >= 0.3 is 18.1 Å². The molecule has 0 amide bonds. The molecular weight excluding hydrogens is 319 g/mol. The van der Waals surface area contributed by atoms with E-state index in [-0.39, 0.29) is 0 Å². The second-order valence-corrected chi connectivity index (χ2v) is 5.45. The van der Waals surface area contributed by atoms with Gasteiger partial charge in [0.1, 0.15) is 0 Å². The minimum absolute atomic E-state index is 0.443. The first-order chi connectivity index (χ1) is 8.42. The number of hydrogen-bond donors (Lipinski definition) is 1. The highest BCUT2D eigenvalue weighted by atomic mass is 35.7. The van der Waals surface area contributed by atoms with Crippen molar-refractivity contribution >= 4 is 31.2 Å². The molecule has 0 atom stereocenters. The molecule has 0 saturated carbocycles. The number of nitro groups is 1. The molecular formula is C6H3ClF3N3O5S. The van der Waals surface area contributed by atoms with E-state index in [1.165, 1.54) is 0 Å². The number of rotatable bonds is 3. The van der Waals surface area contributed by atoms with Crippen LogP contribution in [-0.4, -0.2) is 24.7 Å². The van der Waals surface area contributed by atoms with Crippen LogP contribution in [0.2, 0.25) is 0 Å². The highest BCUT2D eigenvalue weighted by molar-refractivity contribution is 8.14. The van der Waals surface area contributed by atoms with E-state index in [9.17, 15) is 31.7 Å². The molecule has 0 aliphatic heterocycles. The number of alkyl halides is 3. The highest BCUT2D eigenvalue weighted by Crippen LogP contribution is 2.36. The van der Waals surface area contributed by atoms with Gasteiger partial charge in [0.2, 0.25) is 0 Å². The third kappa shape index (κ3) is 3.82. The molecule has 8 nitrogen and oxygen atoms in total. The molecule has 19 heavy (non-hydrogen) atoms. The summed E-state index contributed by atoms with van der Waals surface area (Å²) in [5, 5.41) is 10.4. The number of nitrogens with two attached hydrogens (primary N) is 1. The van der Waals surface area contributed by atoms with Gasteiger partial charge in [-0.2, -0.15) is 0 Å². The average molecular weight is 322 g/mol. The molecule has 0 saturated heterocycles. The normalized spacial score (nSPS) is 12.2. The topological polar surface area (TPSA) is 125 Å². The number of hydrogen-bond acceptors (Lipinski definition) is 7. The Kier molecular flexibility index (Phi) is 3.77. The van der Waals surface area contributed by atoms with Crippen molar-refractivity contribution in [2.75, 3.05) is 5.73 Å². The van der Waals surface area contributed by atoms with Crippen LogP contribution in [0.5, 0.6) is 5.88 Å². The molecule has 1 aromatic heterocycles. The monoisotopic (exact) mass is 321 g/mol. The number of nitrogen functional groups attached to an aromatic ring is 1. The lowest BCUT2D eigenvalue weighted by Gasteiger charge is -2.08. The minimum Gasteiger partial charge on any atom is -0.397 e. The molecule has 0 spiro atoms. The number of nitrogens with zero attached hydrogens (tertiary/aromatic N) is 2. The van der Waals surface area contributed by atoms with Gasteiger partial charge in [0, 0.05) is 15.7 Å². The van der Waals surface area contributed by atoms with Crippen LogP contribution in [0.3, 0.4) is 0 Å². The first kappa shape index (κ1) is 15.2. The fraction of sp³-hybridized carbons (Fsp3) is 0.167. The third-order valence-electron chi connectivity index (χ3n) is 1.60. The SMILES string of the molecule is Nc1cc([N+](=O)[O-])nc(OC(F)(F)F)c1S(=O)(=O)Cl. The van der Waals surface area contributed by atoms with Crippen LogP contribution >= 0.6 is 10.7 Å². The Bertz CT molecular complexity index is 632. The zero-order valence-corrected chi connectivity index (χ0v) is 10.1. The zero-order valence-electron chi connectivity index (χ0n) is 8.51. The molecule has 106 valence electrons. The summed E-state index contributed by atoms with van der Waals surface area (Å²) in [6.07, 6.45) is -5.33. The molecule has 0 aliphatic rings.